The van der Waals surface area contributed by atoms with Crippen LogP contribution in [0.25, 0.3) is 0 Å². The van der Waals surface area contributed by atoms with Gasteiger partial charge in [-0.15, -0.1) is 0 Å². The minimum Gasteiger partial charge on any atom is -0.328 e. The monoisotopic (exact) mass is 334 g/mol. The van der Waals surface area contributed by atoms with Crippen LogP contribution in [0.4, 0.5) is 5.95 Å². The average Bonchev–Trinajstić information content (AvgIpc) is 2.94. The van der Waals surface area contributed by atoms with Gasteiger partial charge in [0.15, 0.2) is 5.78 Å². The van der Waals surface area contributed by atoms with Gasteiger partial charge in [-0.25, -0.2) is 4.68 Å². The number of carbonyl (C=O) groups excluding carboxylic acids is 1. The molecule has 1 unspecified atom stereocenters. The highest BCUT2D eigenvalue weighted by Crippen LogP contribution is 2.41. The number of aromatic nitrogens is 3. The molecule has 4 rings (SSSR count). The minimum absolute atomic E-state index is 0.130. The number of carbonyl (C=O) groups is 1. The number of ketones is 1. The largest absolute Gasteiger partial charge is 0.328 e. The maximum atomic E-state index is 12.5. The lowest BCUT2D eigenvalue weighted by Gasteiger charge is -2.32. The van der Waals surface area contributed by atoms with E-state index in [9.17, 15) is 4.79 Å². The van der Waals surface area contributed by atoms with Crippen LogP contribution >= 0.6 is 23.2 Å². The van der Waals surface area contributed by atoms with Crippen LogP contribution < -0.4 is 5.32 Å². The molecule has 0 saturated heterocycles. The van der Waals surface area contributed by atoms with Gasteiger partial charge in [-0.1, -0.05) is 29.3 Å². The predicted octanol–water partition coefficient (Wildman–Crippen LogP) is 3.61. The summed E-state index contributed by atoms with van der Waals surface area (Å²) in [4.78, 5) is 16.7. The Morgan fingerprint density at radius 3 is 2.95 bits per heavy atom. The molecule has 1 aromatic heterocycles. The second-order valence-corrected chi connectivity index (χ2v) is 6.23. The molecule has 112 valence electrons. The van der Waals surface area contributed by atoms with Crippen molar-refractivity contribution in [2.45, 2.75) is 25.3 Å². The van der Waals surface area contributed by atoms with Crippen molar-refractivity contribution >= 4 is 34.9 Å². The van der Waals surface area contributed by atoms with E-state index in [2.05, 4.69) is 15.4 Å². The molecule has 0 radical (unpaired) electrons. The molecule has 2 aromatic rings. The van der Waals surface area contributed by atoms with Crippen LogP contribution in [0.1, 0.15) is 30.9 Å². The van der Waals surface area contributed by atoms with Crippen LogP contribution in [0, 0.1) is 0 Å². The number of allylic oxidation sites excluding steroid dienone is 2. The first-order valence-corrected chi connectivity index (χ1v) is 7.78. The first kappa shape index (κ1) is 13.8. The molecule has 0 saturated carbocycles. The van der Waals surface area contributed by atoms with Gasteiger partial charge < -0.3 is 5.32 Å². The molecule has 2 heterocycles. The molecule has 0 fully saturated rings. The lowest BCUT2D eigenvalue weighted by molar-refractivity contribution is -0.116. The number of rotatable bonds is 1. The Labute approximate surface area is 136 Å². The second kappa shape index (κ2) is 5.11. The maximum absolute atomic E-state index is 12.5. The third kappa shape index (κ3) is 2.04. The number of nitrogens with zero attached hydrogens (tertiary/aromatic N) is 3. The van der Waals surface area contributed by atoms with Gasteiger partial charge in [-0.3, -0.25) is 4.79 Å². The van der Waals surface area contributed by atoms with Crippen molar-refractivity contribution in [3.8, 4) is 0 Å². The van der Waals surface area contributed by atoms with Crippen molar-refractivity contribution < 1.29 is 4.79 Å². The van der Waals surface area contributed by atoms with Crippen LogP contribution in [-0.2, 0) is 4.79 Å². The highest BCUT2D eigenvalue weighted by atomic mass is 35.5. The molecule has 1 atom stereocenters. The fraction of sp³-hybridized carbons (Fsp3) is 0.267. The Balaban J connectivity index is 1.95. The normalized spacial score (nSPS) is 20.5. The van der Waals surface area contributed by atoms with Crippen molar-refractivity contribution in [1.82, 2.24) is 14.8 Å². The van der Waals surface area contributed by atoms with E-state index in [4.69, 9.17) is 23.2 Å². The number of hydrogen-bond acceptors (Lipinski definition) is 4. The van der Waals surface area contributed by atoms with Gasteiger partial charge in [-0.2, -0.15) is 10.1 Å². The molecule has 2 aliphatic rings. The summed E-state index contributed by atoms with van der Waals surface area (Å²) in [7, 11) is 0. The second-order valence-electron chi connectivity index (χ2n) is 5.39. The van der Waals surface area contributed by atoms with Gasteiger partial charge in [0.1, 0.15) is 12.4 Å². The molecule has 7 heteroatoms. The lowest BCUT2D eigenvalue weighted by Crippen LogP contribution is -2.31. The fourth-order valence-electron chi connectivity index (χ4n) is 3.11. The first-order chi connectivity index (χ1) is 10.6. The van der Waals surface area contributed by atoms with Gasteiger partial charge in [0.2, 0.25) is 5.95 Å². The van der Waals surface area contributed by atoms with E-state index >= 15 is 0 Å². The van der Waals surface area contributed by atoms with Crippen LogP contribution in [0.15, 0.2) is 35.8 Å². The van der Waals surface area contributed by atoms with Crippen LogP contribution in [0.2, 0.25) is 10.0 Å². The summed E-state index contributed by atoms with van der Waals surface area (Å²) in [6.07, 6.45) is 3.70. The Morgan fingerprint density at radius 2 is 2.14 bits per heavy atom. The zero-order valence-electron chi connectivity index (χ0n) is 11.5. The molecule has 0 spiro atoms. The number of benzene rings is 1. The predicted molar refractivity (Wildman–Crippen MR) is 84.1 cm³/mol. The van der Waals surface area contributed by atoms with E-state index in [1.807, 2.05) is 6.07 Å². The van der Waals surface area contributed by atoms with Crippen molar-refractivity contribution in [3.63, 3.8) is 0 Å². The first-order valence-electron chi connectivity index (χ1n) is 7.03. The number of Topliss-reactive ketones (excluding diaryl/α,β-unsaturated/α-hetero) is 1. The molecular weight excluding hydrogens is 323 g/mol. The van der Waals surface area contributed by atoms with Crippen molar-refractivity contribution in [2.24, 2.45) is 0 Å². The molecule has 0 amide bonds. The van der Waals surface area contributed by atoms with Gasteiger partial charge >= 0.3 is 0 Å². The third-order valence-corrected chi connectivity index (χ3v) is 4.63. The molecule has 1 aromatic carbocycles. The van der Waals surface area contributed by atoms with E-state index in [-0.39, 0.29) is 11.8 Å². The molecule has 1 aliphatic heterocycles. The van der Waals surface area contributed by atoms with Gasteiger partial charge in [-0.05, 0) is 25.0 Å². The summed E-state index contributed by atoms with van der Waals surface area (Å²) in [6, 6.07) is 4.95. The van der Waals surface area contributed by atoms with Crippen molar-refractivity contribution in [1.29, 1.82) is 0 Å². The van der Waals surface area contributed by atoms with Gasteiger partial charge in [0.25, 0.3) is 0 Å². The Kier molecular flexibility index (Phi) is 3.20. The Hall–Kier alpha value is -1.85. The van der Waals surface area contributed by atoms with E-state index in [0.29, 0.717) is 22.4 Å². The molecule has 22 heavy (non-hydrogen) atoms. The smallest absolute Gasteiger partial charge is 0.226 e. The van der Waals surface area contributed by atoms with Crippen molar-refractivity contribution in [3.05, 3.63) is 51.4 Å². The van der Waals surface area contributed by atoms with E-state index in [1.165, 1.54) is 6.33 Å². The van der Waals surface area contributed by atoms with Crippen LogP contribution in [0.3, 0.4) is 0 Å². The van der Waals surface area contributed by atoms with Crippen molar-refractivity contribution in [2.75, 3.05) is 5.32 Å². The molecule has 1 aliphatic carbocycles. The standard InChI is InChI=1S/C15H12Cl2N4O/c16-8-4-5-9(10(17)6-8)14-13-11(2-1-3-12(13)22)20-15-18-7-19-21(14)15/h4-7,14H,1-3H2,(H,18,19,20). The zero-order chi connectivity index (χ0) is 15.3. The summed E-state index contributed by atoms with van der Waals surface area (Å²) in [6.45, 7) is 0. The fourth-order valence-corrected chi connectivity index (χ4v) is 3.62. The van der Waals surface area contributed by atoms with Gasteiger partial charge in [0.05, 0.1) is 0 Å². The molecule has 0 bridgehead atoms. The van der Waals surface area contributed by atoms with E-state index < -0.39 is 0 Å². The quantitative estimate of drug-likeness (QED) is 0.865. The third-order valence-electron chi connectivity index (χ3n) is 4.07. The Bertz CT molecular complexity index is 812. The molecular formula is C15H12Cl2N4O. The Morgan fingerprint density at radius 1 is 1.27 bits per heavy atom. The summed E-state index contributed by atoms with van der Waals surface area (Å²) < 4.78 is 1.71. The minimum atomic E-state index is -0.355. The maximum Gasteiger partial charge on any atom is 0.226 e. The molecule has 1 N–H and O–H groups in total. The lowest BCUT2D eigenvalue weighted by atomic mass is 9.85. The summed E-state index contributed by atoms with van der Waals surface area (Å²) >= 11 is 12.4. The zero-order valence-corrected chi connectivity index (χ0v) is 13.0. The number of anilines is 1. The van der Waals surface area contributed by atoms with E-state index in [1.54, 1.807) is 16.8 Å². The summed E-state index contributed by atoms with van der Waals surface area (Å²) in [5.74, 6) is 0.760. The number of fused-ring (bicyclic) bond motifs is 1. The molecule has 5 nitrogen and oxygen atoms in total. The SMILES string of the molecule is O=C1CCCC2=C1C(c1ccc(Cl)cc1Cl)n1ncnc1N2. The highest BCUT2D eigenvalue weighted by Gasteiger charge is 2.36. The average molecular weight is 335 g/mol. The topological polar surface area (TPSA) is 59.8 Å². The summed E-state index contributed by atoms with van der Waals surface area (Å²) in [5, 5.41) is 8.57. The van der Waals surface area contributed by atoms with Crippen LogP contribution in [0.5, 0.6) is 0 Å². The number of halogens is 2. The van der Waals surface area contributed by atoms with E-state index in [0.717, 1.165) is 29.7 Å². The highest BCUT2D eigenvalue weighted by molar-refractivity contribution is 6.35. The van der Waals surface area contributed by atoms with Crippen LogP contribution in [-0.4, -0.2) is 20.5 Å². The number of hydrogen-bond donors (Lipinski definition) is 1. The van der Waals surface area contributed by atoms with Gasteiger partial charge in [0, 0.05) is 33.3 Å². The summed E-state index contributed by atoms with van der Waals surface area (Å²) in [5.41, 5.74) is 2.46. The number of nitrogens with one attached hydrogen (secondary N) is 1.